The minimum Gasteiger partial charge on any atom is -0.360 e. The largest absolute Gasteiger partial charge is 0.360 e. The number of hydrogen-bond donors (Lipinski definition) is 2. The fraction of sp³-hybridized carbons (Fsp3) is 0.357. The predicted octanol–water partition coefficient (Wildman–Crippen LogP) is 5.96. The van der Waals surface area contributed by atoms with Gasteiger partial charge in [-0.2, -0.15) is 0 Å². The average Bonchev–Trinajstić information content (AvgIpc) is 3.62. The van der Waals surface area contributed by atoms with Crippen molar-refractivity contribution in [1.29, 1.82) is 0 Å². The summed E-state index contributed by atoms with van der Waals surface area (Å²) in [6, 6.07) is 13.3. The highest BCUT2D eigenvalue weighted by Crippen LogP contribution is 2.42. The van der Waals surface area contributed by atoms with Crippen LogP contribution in [0.5, 0.6) is 0 Å². The van der Waals surface area contributed by atoms with E-state index in [1.54, 1.807) is 6.20 Å². The Bertz CT molecular complexity index is 1370. The van der Waals surface area contributed by atoms with Gasteiger partial charge in [0.15, 0.2) is 0 Å². The topological polar surface area (TPSA) is 60.1 Å². The molecule has 2 aromatic carbocycles. The summed E-state index contributed by atoms with van der Waals surface area (Å²) in [4.78, 5) is 17.6. The Hall–Kier alpha value is -2.93. The maximum atomic E-state index is 6.57. The molecule has 4 aromatic rings. The van der Waals surface area contributed by atoms with Crippen LogP contribution in [0.25, 0.3) is 22.2 Å². The Balaban J connectivity index is 1.29. The molecule has 35 heavy (non-hydrogen) atoms. The standard InChI is InChI=1S/C28H31ClN6/c1-18-3-6-23-24(15-30-26(23)11-18)27-25(29)16-31-28(33-27)32-22-13-19(12-21(14-22)20-4-5-20)17-35-9-7-34(2)8-10-35/h3,6,11-16,20,30H,4-5,7-10,17H2,1-2H3,(H,31,32,33). The van der Waals surface area contributed by atoms with Gasteiger partial charge in [-0.15, -0.1) is 0 Å². The van der Waals surface area contributed by atoms with Crippen LogP contribution in [-0.2, 0) is 6.54 Å². The average molecular weight is 487 g/mol. The van der Waals surface area contributed by atoms with Crippen molar-refractivity contribution in [3.63, 3.8) is 0 Å². The van der Waals surface area contributed by atoms with E-state index in [0.29, 0.717) is 16.9 Å². The summed E-state index contributed by atoms with van der Waals surface area (Å²) in [5.41, 5.74) is 7.82. The van der Waals surface area contributed by atoms with E-state index < -0.39 is 0 Å². The van der Waals surface area contributed by atoms with E-state index in [1.807, 2.05) is 6.20 Å². The van der Waals surface area contributed by atoms with Crippen LogP contribution < -0.4 is 5.32 Å². The summed E-state index contributed by atoms with van der Waals surface area (Å²) in [5.74, 6) is 1.24. The number of anilines is 2. The van der Waals surface area contributed by atoms with E-state index in [-0.39, 0.29) is 0 Å². The number of rotatable bonds is 6. The molecule has 0 atom stereocenters. The summed E-state index contributed by atoms with van der Waals surface area (Å²) in [6.45, 7) is 7.55. The number of nitrogens with zero attached hydrogens (tertiary/aromatic N) is 4. The Morgan fingerprint density at radius 1 is 1.09 bits per heavy atom. The predicted molar refractivity (Wildman–Crippen MR) is 144 cm³/mol. The van der Waals surface area contributed by atoms with Gasteiger partial charge in [0.1, 0.15) is 0 Å². The van der Waals surface area contributed by atoms with Crippen LogP contribution >= 0.6 is 11.6 Å². The van der Waals surface area contributed by atoms with Gasteiger partial charge in [-0.1, -0.05) is 29.8 Å². The maximum Gasteiger partial charge on any atom is 0.227 e. The van der Waals surface area contributed by atoms with Crippen molar-refractivity contribution in [2.75, 3.05) is 38.5 Å². The van der Waals surface area contributed by atoms with Gasteiger partial charge in [0.2, 0.25) is 5.95 Å². The number of hydrogen-bond acceptors (Lipinski definition) is 5. The van der Waals surface area contributed by atoms with Crippen molar-refractivity contribution in [1.82, 2.24) is 24.8 Å². The molecule has 1 saturated heterocycles. The summed E-state index contributed by atoms with van der Waals surface area (Å²) in [6.07, 6.45) is 6.22. The minimum atomic E-state index is 0.541. The first-order chi connectivity index (χ1) is 17.0. The molecule has 1 aliphatic heterocycles. The number of benzene rings is 2. The van der Waals surface area contributed by atoms with Crippen LogP contribution in [0.15, 0.2) is 48.8 Å². The Kier molecular flexibility index (Phi) is 5.96. The van der Waals surface area contributed by atoms with Crippen LogP contribution in [0.1, 0.15) is 35.4 Å². The summed E-state index contributed by atoms with van der Waals surface area (Å²) in [5, 5.41) is 5.13. The highest BCUT2D eigenvalue weighted by atomic mass is 35.5. The zero-order valence-electron chi connectivity index (χ0n) is 20.3. The smallest absolute Gasteiger partial charge is 0.227 e. The first-order valence-electron chi connectivity index (χ1n) is 12.4. The molecular weight excluding hydrogens is 456 g/mol. The molecule has 180 valence electrons. The summed E-state index contributed by atoms with van der Waals surface area (Å²) < 4.78 is 0. The van der Waals surface area contributed by atoms with E-state index in [4.69, 9.17) is 16.6 Å². The normalized spacial score (nSPS) is 17.2. The number of aromatic amines is 1. The molecule has 1 saturated carbocycles. The minimum absolute atomic E-state index is 0.541. The third-order valence-electron chi connectivity index (χ3n) is 7.16. The lowest BCUT2D eigenvalue weighted by Crippen LogP contribution is -2.43. The van der Waals surface area contributed by atoms with Crippen LogP contribution in [0.3, 0.4) is 0 Å². The molecule has 2 fully saturated rings. The van der Waals surface area contributed by atoms with Crippen LogP contribution in [0.4, 0.5) is 11.6 Å². The third-order valence-corrected chi connectivity index (χ3v) is 7.44. The Morgan fingerprint density at radius 2 is 1.91 bits per heavy atom. The van der Waals surface area contributed by atoms with Gasteiger partial charge in [0.05, 0.1) is 16.9 Å². The monoisotopic (exact) mass is 486 g/mol. The Morgan fingerprint density at radius 3 is 2.71 bits per heavy atom. The van der Waals surface area contributed by atoms with Gasteiger partial charge in [-0.05, 0) is 67.6 Å². The van der Waals surface area contributed by atoms with Crippen molar-refractivity contribution < 1.29 is 0 Å². The second-order valence-electron chi connectivity index (χ2n) is 10.1. The molecule has 6 nitrogen and oxygen atoms in total. The van der Waals surface area contributed by atoms with Gasteiger partial charge in [-0.25, -0.2) is 9.97 Å². The zero-order valence-corrected chi connectivity index (χ0v) is 21.1. The number of fused-ring (bicyclic) bond motifs is 1. The molecule has 0 amide bonds. The Labute approximate surface area is 211 Å². The first kappa shape index (κ1) is 22.5. The molecule has 6 rings (SSSR count). The van der Waals surface area contributed by atoms with E-state index in [9.17, 15) is 0 Å². The molecule has 1 aliphatic carbocycles. The number of aryl methyl sites for hydroxylation is 1. The number of aromatic nitrogens is 3. The summed E-state index contributed by atoms with van der Waals surface area (Å²) in [7, 11) is 2.20. The van der Waals surface area contributed by atoms with Gasteiger partial charge < -0.3 is 15.2 Å². The van der Waals surface area contributed by atoms with E-state index in [0.717, 1.165) is 60.6 Å². The summed E-state index contributed by atoms with van der Waals surface area (Å²) >= 11 is 6.57. The lowest BCUT2D eigenvalue weighted by Gasteiger charge is -2.32. The van der Waals surface area contributed by atoms with Crippen molar-refractivity contribution in [3.05, 3.63) is 70.5 Å². The molecule has 2 aromatic heterocycles. The van der Waals surface area contributed by atoms with Gasteiger partial charge >= 0.3 is 0 Å². The zero-order chi connectivity index (χ0) is 23.9. The number of halogens is 1. The van der Waals surface area contributed by atoms with Crippen molar-refractivity contribution in [2.45, 2.75) is 32.2 Å². The highest BCUT2D eigenvalue weighted by Gasteiger charge is 2.25. The van der Waals surface area contributed by atoms with Gasteiger partial charge in [0.25, 0.3) is 0 Å². The number of H-pyrrole nitrogens is 1. The van der Waals surface area contributed by atoms with E-state index >= 15 is 0 Å². The highest BCUT2D eigenvalue weighted by molar-refractivity contribution is 6.33. The first-order valence-corrected chi connectivity index (χ1v) is 12.8. The maximum absolute atomic E-state index is 6.57. The lowest BCUT2D eigenvalue weighted by molar-refractivity contribution is 0.148. The second-order valence-corrected chi connectivity index (χ2v) is 10.5. The van der Waals surface area contributed by atoms with Crippen LogP contribution in [-0.4, -0.2) is 58.0 Å². The number of likely N-dealkylation sites (N-methyl/N-ethyl adjacent to an activating group) is 1. The fourth-order valence-electron chi connectivity index (χ4n) is 4.98. The molecule has 0 unspecified atom stereocenters. The second kappa shape index (κ2) is 9.26. The van der Waals surface area contributed by atoms with Crippen molar-refractivity contribution >= 4 is 34.1 Å². The van der Waals surface area contributed by atoms with Crippen molar-refractivity contribution in [2.24, 2.45) is 0 Å². The van der Waals surface area contributed by atoms with Crippen LogP contribution in [0.2, 0.25) is 5.02 Å². The molecule has 2 N–H and O–H groups in total. The molecule has 0 bridgehead atoms. The number of nitrogens with one attached hydrogen (secondary N) is 2. The molecule has 2 aliphatic rings. The van der Waals surface area contributed by atoms with Gasteiger partial charge in [0, 0.05) is 61.1 Å². The SMILES string of the molecule is Cc1ccc2c(-c3nc(Nc4cc(CN5CCN(C)CC5)cc(C5CC5)c4)ncc3Cl)c[nH]c2c1. The number of piperazine rings is 1. The lowest BCUT2D eigenvalue weighted by atomic mass is 10.0. The van der Waals surface area contributed by atoms with E-state index in [2.05, 4.69) is 75.5 Å². The quantitative estimate of drug-likeness (QED) is 0.352. The fourth-order valence-corrected chi connectivity index (χ4v) is 5.17. The molecular formula is C28H31ClN6. The molecule has 0 radical (unpaired) electrons. The van der Waals surface area contributed by atoms with Gasteiger partial charge in [-0.3, -0.25) is 4.90 Å². The van der Waals surface area contributed by atoms with Crippen molar-refractivity contribution in [3.8, 4) is 11.3 Å². The third kappa shape index (κ3) is 4.92. The van der Waals surface area contributed by atoms with E-state index in [1.165, 1.54) is 29.5 Å². The molecule has 0 spiro atoms. The molecule has 7 heteroatoms. The molecule has 3 heterocycles. The van der Waals surface area contributed by atoms with Crippen LogP contribution in [0, 0.1) is 6.92 Å².